The molecule has 20 heavy (non-hydrogen) atoms. The summed E-state index contributed by atoms with van der Waals surface area (Å²) in [6.45, 7) is 5.22. The third-order valence-electron chi connectivity index (χ3n) is 3.93. The van der Waals surface area contributed by atoms with Gasteiger partial charge < -0.3 is 10.4 Å². The number of aromatic nitrogens is 2. The number of aliphatic hydroxyl groups excluding tert-OH is 1. The zero-order chi connectivity index (χ0) is 14.4. The summed E-state index contributed by atoms with van der Waals surface area (Å²) in [7, 11) is 0. The Labute approximate surface area is 120 Å². The number of benzene rings is 1. The molecular formula is C16H23N3O. The van der Waals surface area contributed by atoms with Crippen molar-refractivity contribution >= 4 is 0 Å². The van der Waals surface area contributed by atoms with E-state index in [1.807, 2.05) is 24.4 Å². The Morgan fingerprint density at radius 1 is 1.30 bits per heavy atom. The Hall–Kier alpha value is -1.65. The normalized spacial score (nSPS) is 14.2. The van der Waals surface area contributed by atoms with Crippen LogP contribution in [0.5, 0.6) is 0 Å². The first kappa shape index (κ1) is 14.8. The number of nitrogens with one attached hydrogen (secondary N) is 2. The molecule has 1 heterocycles. The van der Waals surface area contributed by atoms with Crippen LogP contribution in [0, 0.1) is 0 Å². The smallest absolute Gasteiger partial charge is 0.0695 e. The quantitative estimate of drug-likeness (QED) is 0.727. The molecule has 4 nitrogen and oxygen atoms in total. The van der Waals surface area contributed by atoms with Crippen molar-refractivity contribution in [1.29, 1.82) is 0 Å². The maximum Gasteiger partial charge on any atom is 0.0695 e. The average molecular weight is 273 g/mol. The number of H-pyrrole nitrogens is 1. The zero-order valence-electron chi connectivity index (χ0n) is 12.2. The Balaban J connectivity index is 2.10. The number of hydrogen-bond acceptors (Lipinski definition) is 3. The van der Waals surface area contributed by atoms with Crippen LogP contribution in [-0.4, -0.2) is 27.4 Å². The minimum atomic E-state index is -0.0417. The summed E-state index contributed by atoms with van der Waals surface area (Å²) in [6, 6.07) is 10.2. The molecule has 4 heteroatoms. The first-order valence-corrected chi connectivity index (χ1v) is 7.12. The van der Waals surface area contributed by atoms with Crippen molar-refractivity contribution in [2.75, 3.05) is 6.61 Å². The lowest BCUT2D eigenvalue weighted by Gasteiger charge is -2.29. The molecule has 2 aromatic rings. The molecule has 0 fully saturated rings. The van der Waals surface area contributed by atoms with E-state index in [9.17, 15) is 0 Å². The van der Waals surface area contributed by atoms with Crippen molar-refractivity contribution in [3.05, 3.63) is 42.1 Å². The Bertz CT molecular complexity index is 524. The third kappa shape index (κ3) is 3.46. The SMILES string of the molecule is CCC(C)(CCO)NCc1cn[nH]c1-c1ccccc1. The van der Waals surface area contributed by atoms with E-state index in [2.05, 4.69) is 41.5 Å². The number of aliphatic hydroxyl groups is 1. The topological polar surface area (TPSA) is 60.9 Å². The van der Waals surface area contributed by atoms with E-state index < -0.39 is 0 Å². The Morgan fingerprint density at radius 3 is 2.70 bits per heavy atom. The van der Waals surface area contributed by atoms with Crippen LogP contribution in [0.3, 0.4) is 0 Å². The summed E-state index contributed by atoms with van der Waals surface area (Å²) in [5.41, 5.74) is 3.30. The lowest BCUT2D eigenvalue weighted by molar-refractivity contribution is 0.214. The van der Waals surface area contributed by atoms with Crippen LogP contribution >= 0.6 is 0 Å². The lowest BCUT2D eigenvalue weighted by Crippen LogP contribution is -2.42. The number of hydrogen-bond donors (Lipinski definition) is 3. The van der Waals surface area contributed by atoms with Gasteiger partial charge in [-0.15, -0.1) is 0 Å². The fourth-order valence-corrected chi connectivity index (χ4v) is 2.25. The van der Waals surface area contributed by atoms with Gasteiger partial charge in [-0.25, -0.2) is 0 Å². The molecule has 0 aliphatic rings. The van der Waals surface area contributed by atoms with Gasteiger partial charge in [0, 0.05) is 24.3 Å². The molecule has 108 valence electrons. The van der Waals surface area contributed by atoms with Crippen LogP contribution in [0.1, 0.15) is 32.3 Å². The van der Waals surface area contributed by atoms with Gasteiger partial charge in [-0.1, -0.05) is 37.3 Å². The van der Waals surface area contributed by atoms with E-state index in [1.165, 1.54) is 0 Å². The molecule has 0 aliphatic heterocycles. The van der Waals surface area contributed by atoms with E-state index >= 15 is 0 Å². The summed E-state index contributed by atoms with van der Waals surface area (Å²) >= 11 is 0. The fourth-order valence-electron chi connectivity index (χ4n) is 2.25. The molecule has 0 saturated heterocycles. The van der Waals surface area contributed by atoms with E-state index in [0.29, 0.717) is 0 Å². The van der Waals surface area contributed by atoms with Crippen molar-refractivity contribution in [3.8, 4) is 11.3 Å². The molecule has 0 amide bonds. The van der Waals surface area contributed by atoms with Gasteiger partial charge in [0.2, 0.25) is 0 Å². The van der Waals surface area contributed by atoms with Gasteiger partial charge >= 0.3 is 0 Å². The van der Waals surface area contributed by atoms with Crippen LogP contribution in [0.2, 0.25) is 0 Å². The summed E-state index contributed by atoms with van der Waals surface area (Å²) in [5.74, 6) is 0. The molecule has 0 spiro atoms. The molecule has 0 bridgehead atoms. The standard InChI is InChI=1S/C16H23N3O/c1-3-16(2,9-10-20)17-11-14-12-18-19-15(14)13-7-5-4-6-8-13/h4-8,12,17,20H,3,9-11H2,1-2H3,(H,18,19). The van der Waals surface area contributed by atoms with Gasteiger partial charge in [-0.05, 0) is 25.3 Å². The minimum Gasteiger partial charge on any atom is -0.396 e. The summed E-state index contributed by atoms with van der Waals surface area (Å²) < 4.78 is 0. The van der Waals surface area contributed by atoms with Crippen molar-refractivity contribution in [1.82, 2.24) is 15.5 Å². The molecule has 1 aromatic heterocycles. The predicted molar refractivity (Wildman–Crippen MR) is 81.3 cm³/mol. The molecular weight excluding hydrogens is 250 g/mol. The van der Waals surface area contributed by atoms with E-state index in [0.717, 1.165) is 36.2 Å². The number of rotatable bonds is 7. The van der Waals surface area contributed by atoms with Gasteiger partial charge in [-0.3, -0.25) is 5.10 Å². The molecule has 1 unspecified atom stereocenters. The van der Waals surface area contributed by atoms with Crippen molar-refractivity contribution in [2.24, 2.45) is 0 Å². The molecule has 1 aromatic carbocycles. The molecule has 3 N–H and O–H groups in total. The van der Waals surface area contributed by atoms with Crippen molar-refractivity contribution in [3.63, 3.8) is 0 Å². The minimum absolute atomic E-state index is 0.0417. The van der Waals surface area contributed by atoms with Crippen molar-refractivity contribution in [2.45, 2.75) is 38.8 Å². The highest BCUT2D eigenvalue weighted by Gasteiger charge is 2.21. The van der Waals surface area contributed by atoms with E-state index in [4.69, 9.17) is 5.11 Å². The second-order valence-electron chi connectivity index (χ2n) is 5.38. The summed E-state index contributed by atoms with van der Waals surface area (Å²) in [5, 5.41) is 19.9. The second-order valence-corrected chi connectivity index (χ2v) is 5.38. The van der Waals surface area contributed by atoms with Gasteiger partial charge in [-0.2, -0.15) is 5.10 Å². The molecule has 2 rings (SSSR count). The predicted octanol–water partition coefficient (Wildman–Crippen LogP) is 2.72. The van der Waals surface area contributed by atoms with Gasteiger partial charge in [0.15, 0.2) is 0 Å². The molecule has 1 atom stereocenters. The molecule has 0 saturated carbocycles. The fraction of sp³-hybridized carbons (Fsp3) is 0.438. The first-order valence-electron chi connectivity index (χ1n) is 7.12. The average Bonchev–Trinajstić information content (AvgIpc) is 2.95. The van der Waals surface area contributed by atoms with Crippen LogP contribution < -0.4 is 5.32 Å². The Kier molecular flexibility index (Phi) is 4.93. The third-order valence-corrected chi connectivity index (χ3v) is 3.93. The van der Waals surface area contributed by atoms with Crippen LogP contribution in [0.15, 0.2) is 36.5 Å². The second kappa shape index (κ2) is 6.68. The molecule has 0 radical (unpaired) electrons. The van der Waals surface area contributed by atoms with E-state index in [-0.39, 0.29) is 12.1 Å². The zero-order valence-corrected chi connectivity index (χ0v) is 12.2. The highest BCUT2D eigenvalue weighted by molar-refractivity contribution is 5.62. The summed E-state index contributed by atoms with van der Waals surface area (Å²) in [4.78, 5) is 0. The van der Waals surface area contributed by atoms with E-state index in [1.54, 1.807) is 0 Å². The van der Waals surface area contributed by atoms with Crippen LogP contribution in [-0.2, 0) is 6.54 Å². The number of aromatic amines is 1. The van der Waals surface area contributed by atoms with Gasteiger partial charge in [0.25, 0.3) is 0 Å². The van der Waals surface area contributed by atoms with Gasteiger partial charge in [0.05, 0.1) is 11.9 Å². The monoisotopic (exact) mass is 273 g/mol. The highest BCUT2D eigenvalue weighted by atomic mass is 16.3. The Morgan fingerprint density at radius 2 is 2.05 bits per heavy atom. The maximum atomic E-state index is 9.16. The lowest BCUT2D eigenvalue weighted by atomic mass is 9.94. The first-order chi connectivity index (χ1) is 9.68. The van der Waals surface area contributed by atoms with Crippen LogP contribution in [0.4, 0.5) is 0 Å². The number of nitrogens with zero attached hydrogens (tertiary/aromatic N) is 1. The molecule has 0 aliphatic carbocycles. The van der Waals surface area contributed by atoms with Crippen LogP contribution in [0.25, 0.3) is 11.3 Å². The van der Waals surface area contributed by atoms with Gasteiger partial charge in [0.1, 0.15) is 0 Å². The van der Waals surface area contributed by atoms with Crippen molar-refractivity contribution < 1.29 is 5.11 Å². The summed E-state index contributed by atoms with van der Waals surface area (Å²) in [6.07, 6.45) is 3.60. The largest absolute Gasteiger partial charge is 0.396 e. The highest BCUT2D eigenvalue weighted by Crippen LogP contribution is 2.22. The maximum absolute atomic E-state index is 9.16.